The maximum Gasteiger partial charge on any atom is 0.259 e. The number of nitrogens with one attached hydrogen (secondary N) is 1. The van der Waals surface area contributed by atoms with Crippen LogP contribution in [0.5, 0.6) is 0 Å². The standard InChI is InChI=1S/C16H19ClN2O3/c17-14-8-13(7-6-11(14)9-18)19-15(21)16(22,10-20)12-4-2-1-3-5-12/h6-8,12,20,22H,1-5,10H2,(H,19,21). The number of anilines is 1. The first kappa shape index (κ1) is 16.8. The molecule has 1 aliphatic rings. The van der Waals surface area contributed by atoms with Crippen molar-refractivity contribution in [2.75, 3.05) is 11.9 Å². The molecule has 0 radical (unpaired) electrons. The molecule has 1 saturated carbocycles. The summed E-state index contributed by atoms with van der Waals surface area (Å²) in [6, 6.07) is 6.43. The van der Waals surface area contributed by atoms with Crippen molar-refractivity contribution in [3.05, 3.63) is 28.8 Å². The van der Waals surface area contributed by atoms with Gasteiger partial charge in [-0.1, -0.05) is 30.9 Å². The third kappa shape index (κ3) is 3.41. The quantitative estimate of drug-likeness (QED) is 0.793. The van der Waals surface area contributed by atoms with E-state index in [1.807, 2.05) is 6.07 Å². The molecule has 1 aliphatic carbocycles. The zero-order valence-corrected chi connectivity index (χ0v) is 12.9. The molecule has 3 N–H and O–H groups in total. The molecule has 1 unspecified atom stereocenters. The molecule has 0 bridgehead atoms. The highest BCUT2D eigenvalue weighted by Crippen LogP contribution is 2.33. The number of hydrogen-bond acceptors (Lipinski definition) is 4. The van der Waals surface area contributed by atoms with Gasteiger partial charge in [0, 0.05) is 5.69 Å². The number of nitriles is 1. The van der Waals surface area contributed by atoms with Crippen LogP contribution in [0.3, 0.4) is 0 Å². The topological polar surface area (TPSA) is 93.4 Å². The van der Waals surface area contributed by atoms with Crippen LogP contribution < -0.4 is 5.32 Å². The van der Waals surface area contributed by atoms with E-state index in [1.54, 1.807) is 6.07 Å². The molecule has 6 heteroatoms. The first-order chi connectivity index (χ1) is 10.5. The van der Waals surface area contributed by atoms with Gasteiger partial charge >= 0.3 is 0 Å². The summed E-state index contributed by atoms with van der Waals surface area (Å²) in [6.07, 6.45) is 4.42. The van der Waals surface area contributed by atoms with Crippen molar-refractivity contribution in [3.63, 3.8) is 0 Å². The monoisotopic (exact) mass is 322 g/mol. The Labute approximate surface area is 134 Å². The fourth-order valence-corrected chi connectivity index (χ4v) is 3.11. The average Bonchev–Trinajstić information content (AvgIpc) is 2.55. The summed E-state index contributed by atoms with van der Waals surface area (Å²) in [7, 11) is 0. The number of carbonyl (C=O) groups excluding carboxylic acids is 1. The summed E-state index contributed by atoms with van der Waals surface area (Å²) < 4.78 is 0. The normalized spacial score (nSPS) is 18.3. The van der Waals surface area contributed by atoms with Crippen LogP contribution in [0, 0.1) is 17.2 Å². The molecular weight excluding hydrogens is 304 g/mol. The Balaban J connectivity index is 2.15. The maximum atomic E-state index is 12.4. The van der Waals surface area contributed by atoms with Gasteiger partial charge in [-0.3, -0.25) is 4.79 Å². The highest BCUT2D eigenvalue weighted by Gasteiger charge is 2.43. The number of hydrogen-bond donors (Lipinski definition) is 3. The van der Waals surface area contributed by atoms with Crippen LogP contribution in [0.4, 0.5) is 5.69 Å². The van der Waals surface area contributed by atoms with Gasteiger partial charge in [-0.05, 0) is 37.0 Å². The Kier molecular flexibility index (Phi) is 5.41. The highest BCUT2D eigenvalue weighted by atomic mass is 35.5. The van der Waals surface area contributed by atoms with Crippen LogP contribution in [0.15, 0.2) is 18.2 Å². The average molecular weight is 323 g/mol. The highest BCUT2D eigenvalue weighted by molar-refractivity contribution is 6.32. The predicted molar refractivity (Wildman–Crippen MR) is 83.4 cm³/mol. The lowest BCUT2D eigenvalue weighted by Gasteiger charge is -2.35. The molecule has 0 spiro atoms. The lowest BCUT2D eigenvalue weighted by atomic mass is 9.76. The second kappa shape index (κ2) is 7.10. The molecule has 2 rings (SSSR count). The predicted octanol–water partition coefficient (Wildman–Crippen LogP) is 2.45. The first-order valence-corrected chi connectivity index (χ1v) is 7.73. The summed E-state index contributed by atoms with van der Waals surface area (Å²) >= 11 is 5.92. The van der Waals surface area contributed by atoms with E-state index in [9.17, 15) is 15.0 Å². The summed E-state index contributed by atoms with van der Waals surface area (Å²) in [5.41, 5.74) is -1.10. The van der Waals surface area contributed by atoms with Gasteiger partial charge in [-0.2, -0.15) is 5.26 Å². The molecule has 118 valence electrons. The second-order valence-electron chi connectivity index (χ2n) is 5.68. The fraction of sp³-hybridized carbons (Fsp3) is 0.500. The summed E-state index contributed by atoms with van der Waals surface area (Å²) in [6.45, 7) is -0.618. The van der Waals surface area contributed by atoms with Gasteiger partial charge in [0.2, 0.25) is 0 Å². The lowest BCUT2D eigenvalue weighted by Crippen LogP contribution is -2.52. The van der Waals surface area contributed by atoms with Gasteiger partial charge in [-0.25, -0.2) is 0 Å². The molecule has 0 heterocycles. The molecule has 1 amide bonds. The van der Waals surface area contributed by atoms with Gasteiger partial charge in [-0.15, -0.1) is 0 Å². The summed E-state index contributed by atoms with van der Waals surface area (Å²) in [4.78, 5) is 12.4. The second-order valence-corrected chi connectivity index (χ2v) is 6.09. The first-order valence-electron chi connectivity index (χ1n) is 7.35. The fourth-order valence-electron chi connectivity index (χ4n) is 2.89. The molecule has 1 fully saturated rings. The van der Waals surface area contributed by atoms with Gasteiger partial charge in [0.05, 0.1) is 17.2 Å². The van der Waals surface area contributed by atoms with E-state index >= 15 is 0 Å². The van der Waals surface area contributed by atoms with Gasteiger partial charge in [0.1, 0.15) is 6.07 Å². The van der Waals surface area contributed by atoms with E-state index < -0.39 is 18.1 Å². The number of carbonyl (C=O) groups is 1. The minimum Gasteiger partial charge on any atom is -0.393 e. The number of halogens is 1. The van der Waals surface area contributed by atoms with E-state index in [1.165, 1.54) is 12.1 Å². The molecule has 0 saturated heterocycles. The van der Waals surface area contributed by atoms with Crippen LogP contribution in [-0.2, 0) is 4.79 Å². The van der Waals surface area contributed by atoms with E-state index in [0.717, 1.165) is 32.1 Å². The lowest BCUT2D eigenvalue weighted by molar-refractivity contribution is -0.147. The van der Waals surface area contributed by atoms with E-state index in [-0.39, 0.29) is 10.9 Å². The molecule has 1 atom stereocenters. The zero-order valence-electron chi connectivity index (χ0n) is 12.2. The number of aliphatic hydroxyl groups excluding tert-OH is 1. The van der Waals surface area contributed by atoms with Crippen molar-refractivity contribution in [3.8, 4) is 6.07 Å². The number of amides is 1. The van der Waals surface area contributed by atoms with Crippen LogP contribution in [0.1, 0.15) is 37.7 Å². The minimum absolute atomic E-state index is 0.227. The molecule has 0 aromatic heterocycles. The molecule has 22 heavy (non-hydrogen) atoms. The van der Waals surface area contributed by atoms with Crippen molar-refractivity contribution < 1.29 is 15.0 Å². The number of nitrogens with zero attached hydrogens (tertiary/aromatic N) is 1. The molecule has 5 nitrogen and oxygen atoms in total. The van der Waals surface area contributed by atoms with E-state index in [2.05, 4.69) is 5.32 Å². The Morgan fingerprint density at radius 2 is 2.09 bits per heavy atom. The van der Waals surface area contributed by atoms with E-state index in [4.69, 9.17) is 16.9 Å². The smallest absolute Gasteiger partial charge is 0.259 e. The van der Waals surface area contributed by atoms with Crippen LogP contribution >= 0.6 is 11.6 Å². The van der Waals surface area contributed by atoms with Crippen molar-refractivity contribution in [1.82, 2.24) is 0 Å². The van der Waals surface area contributed by atoms with Crippen molar-refractivity contribution >= 4 is 23.2 Å². The number of aliphatic hydroxyl groups is 2. The minimum atomic E-state index is -1.79. The third-order valence-electron chi connectivity index (χ3n) is 4.26. The van der Waals surface area contributed by atoms with Gasteiger partial charge < -0.3 is 15.5 Å². The van der Waals surface area contributed by atoms with Crippen LogP contribution in [0.2, 0.25) is 5.02 Å². The number of benzene rings is 1. The van der Waals surface area contributed by atoms with Crippen LogP contribution in [-0.4, -0.2) is 28.3 Å². The zero-order chi connectivity index (χ0) is 16.2. The Morgan fingerprint density at radius 3 is 2.64 bits per heavy atom. The van der Waals surface area contributed by atoms with Crippen molar-refractivity contribution in [2.24, 2.45) is 5.92 Å². The Hall–Kier alpha value is -1.61. The van der Waals surface area contributed by atoms with Crippen molar-refractivity contribution in [1.29, 1.82) is 5.26 Å². The molecule has 1 aromatic carbocycles. The Morgan fingerprint density at radius 1 is 1.41 bits per heavy atom. The molecule has 1 aromatic rings. The van der Waals surface area contributed by atoms with Gasteiger partial charge in [0.15, 0.2) is 5.60 Å². The maximum absolute atomic E-state index is 12.4. The largest absolute Gasteiger partial charge is 0.393 e. The van der Waals surface area contributed by atoms with Crippen LogP contribution in [0.25, 0.3) is 0 Å². The molecule has 0 aliphatic heterocycles. The SMILES string of the molecule is N#Cc1ccc(NC(=O)C(O)(CO)C2CCCCC2)cc1Cl. The van der Waals surface area contributed by atoms with Crippen molar-refractivity contribution in [2.45, 2.75) is 37.7 Å². The number of rotatable bonds is 4. The van der Waals surface area contributed by atoms with Gasteiger partial charge in [0.25, 0.3) is 5.91 Å². The molecular formula is C16H19ClN2O3. The Bertz CT molecular complexity index is 594. The van der Waals surface area contributed by atoms with E-state index in [0.29, 0.717) is 11.3 Å². The summed E-state index contributed by atoms with van der Waals surface area (Å²) in [5.74, 6) is -0.886. The summed E-state index contributed by atoms with van der Waals surface area (Å²) in [5, 5.41) is 31.8. The third-order valence-corrected chi connectivity index (χ3v) is 4.57.